The second kappa shape index (κ2) is 10.3. The van der Waals surface area contributed by atoms with E-state index >= 15 is 0 Å². The Labute approximate surface area is 110 Å². The molecule has 1 aliphatic rings. The van der Waals surface area contributed by atoms with Crippen molar-refractivity contribution in [1.29, 1.82) is 0 Å². The molecule has 0 aromatic heterocycles. The lowest BCUT2D eigenvalue weighted by molar-refractivity contribution is -0.121. The Hall–Kier alpha value is -0.650. The minimum atomic E-state index is 0.135. The third-order valence-corrected chi connectivity index (χ3v) is 3.18. The maximum absolute atomic E-state index is 11.6. The van der Waals surface area contributed by atoms with Gasteiger partial charge in [0.15, 0.2) is 0 Å². The fourth-order valence-corrected chi connectivity index (χ4v) is 2.10. The van der Waals surface area contributed by atoms with E-state index < -0.39 is 0 Å². The molecule has 0 aliphatic carbocycles. The average molecular weight is 258 g/mol. The predicted molar refractivity (Wildman–Crippen MR) is 70.5 cm³/mol. The average Bonchev–Trinajstić information content (AvgIpc) is 2.41. The number of carbonyl (C=O) groups is 1. The van der Waals surface area contributed by atoms with Crippen molar-refractivity contribution < 1.29 is 14.3 Å². The molecule has 0 aromatic rings. The molecule has 0 saturated carbocycles. The van der Waals surface area contributed by atoms with Crippen molar-refractivity contribution in [3.8, 4) is 0 Å². The highest BCUT2D eigenvalue weighted by atomic mass is 16.5. The molecule has 1 atom stereocenters. The van der Waals surface area contributed by atoms with E-state index in [1.807, 2.05) is 0 Å². The Bertz CT molecular complexity index is 218. The first kappa shape index (κ1) is 15.4. The van der Waals surface area contributed by atoms with E-state index in [9.17, 15) is 4.79 Å². The highest BCUT2D eigenvalue weighted by Crippen LogP contribution is 2.15. The molecule has 1 rings (SSSR count). The summed E-state index contributed by atoms with van der Waals surface area (Å²) < 4.78 is 10.1. The van der Waals surface area contributed by atoms with Crippen LogP contribution in [0, 0.1) is 5.92 Å². The molecule has 5 nitrogen and oxygen atoms in total. The van der Waals surface area contributed by atoms with E-state index in [1.54, 1.807) is 7.11 Å². The zero-order chi connectivity index (χ0) is 13.1. The second-order valence-corrected chi connectivity index (χ2v) is 4.71. The molecule has 1 fully saturated rings. The van der Waals surface area contributed by atoms with Crippen LogP contribution in [0.1, 0.15) is 25.7 Å². The zero-order valence-electron chi connectivity index (χ0n) is 11.4. The number of rotatable bonds is 9. The quantitative estimate of drug-likeness (QED) is 0.593. The van der Waals surface area contributed by atoms with Crippen LogP contribution in [0.15, 0.2) is 0 Å². The summed E-state index contributed by atoms with van der Waals surface area (Å²) in [6, 6.07) is 0. The van der Waals surface area contributed by atoms with Gasteiger partial charge in [0.25, 0.3) is 0 Å². The summed E-state index contributed by atoms with van der Waals surface area (Å²) in [5, 5.41) is 6.24. The van der Waals surface area contributed by atoms with Crippen molar-refractivity contribution in [2.45, 2.75) is 25.7 Å². The molecular formula is C13H26N2O3. The van der Waals surface area contributed by atoms with Crippen LogP contribution in [-0.4, -0.2) is 52.5 Å². The fraction of sp³-hybridized carbons (Fsp3) is 0.923. The number of methoxy groups -OCH3 is 1. The van der Waals surface area contributed by atoms with Crippen molar-refractivity contribution in [3.63, 3.8) is 0 Å². The highest BCUT2D eigenvalue weighted by molar-refractivity contribution is 5.75. The summed E-state index contributed by atoms with van der Waals surface area (Å²) in [6.07, 6.45) is 4.10. The maximum atomic E-state index is 11.6. The van der Waals surface area contributed by atoms with Crippen LogP contribution >= 0.6 is 0 Å². The monoisotopic (exact) mass is 258 g/mol. The van der Waals surface area contributed by atoms with E-state index in [0.29, 0.717) is 38.7 Å². The first-order chi connectivity index (χ1) is 8.83. The third-order valence-electron chi connectivity index (χ3n) is 3.18. The van der Waals surface area contributed by atoms with Gasteiger partial charge >= 0.3 is 0 Å². The summed E-state index contributed by atoms with van der Waals surface area (Å²) in [7, 11) is 1.64. The molecule has 1 saturated heterocycles. The van der Waals surface area contributed by atoms with E-state index in [4.69, 9.17) is 9.47 Å². The van der Waals surface area contributed by atoms with Gasteiger partial charge in [0, 0.05) is 20.1 Å². The molecule has 1 aliphatic heterocycles. The molecule has 0 bridgehead atoms. The van der Waals surface area contributed by atoms with Crippen molar-refractivity contribution in [1.82, 2.24) is 10.6 Å². The first-order valence-electron chi connectivity index (χ1n) is 6.87. The molecule has 0 spiro atoms. The predicted octanol–water partition coefficient (Wildman–Crippen LogP) is 0.545. The molecule has 0 radical (unpaired) electrons. The van der Waals surface area contributed by atoms with Crippen LogP contribution in [0.2, 0.25) is 0 Å². The molecule has 18 heavy (non-hydrogen) atoms. The lowest BCUT2D eigenvalue weighted by Crippen LogP contribution is -2.32. The molecule has 0 aromatic carbocycles. The van der Waals surface area contributed by atoms with E-state index in [1.165, 1.54) is 12.8 Å². The molecule has 2 N–H and O–H groups in total. The summed E-state index contributed by atoms with van der Waals surface area (Å²) in [6.45, 7) is 4.52. The smallest absolute Gasteiger partial charge is 0.220 e. The minimum Gasteiger partial charge on any atom is -0.382 e. The lowest BCUT2D eigenvalue weighted by Gasteiger charge is -2.22. The lowest BCUT2D eigenvalue weighted by atomic mass is 9.94. The molecule has 1 heterocycles. The van der Waals surface area contributed by atoms with Crippen molar-refractivity contribution >= 4 is 5.91 Å². The van der Waals surface area contributed by atoms with Gasteiger partial charge in [-0.2, -0.15) is 0 Å². The topological polar surface area (TPSA) is 59.6 Å². The number of carbonyl (C=O) groups excluding carboxylic acids is 1. The van der Waals surface area contributed by atoms with Gasteiger partial charge in [0.1, 0.15) is 0 Å². The van der Waals surface area contributed by atoms with E-state index in [-0.39, 0.29) is 5.91 Å². The van der Waals surface area contributed by atoms with Gasteiger partial charge in [0.2, 0.25) is 5.91 Å². The number of hydrogen-bond acceptors (Lipinski definition) is 4. The number of hydrogen-bond donors (Lipinski definition) is 2. The summed E-state index contributed by atoms with van der Waals surface area (Å²) in [5.41, 5.74) is 0. The Kier molecular flexibility index (Phi) is 8.81. The second-order valence-electron chi connectivity index (χ2n) is 4.71. The maximum Gasteiger partial charge on any atom is 0.220 e. The number of piperidine rings is 1. The van der Waals surface area contributed by atoms with E-state index in [2.05, 4.69) is 10.6 Å². The first-order valence-corrected chi connectivity index (χ1v) is 6.87. The molecule has 1 amide bonds. The van der Waals surface area contributed by atoms with Crippen LogP contribution in [0.5, 0.6) is 0 Å². The molecule has 1 unspecified atom stereocenters. The van der Waals surface area contributed by atoms with Crippen molar-refractivity contribution in [2.24, 2.45) is 5.92 Å². The van der Waals surface area contributed by atoms with Gasteiger partial charge in [-0.1, -0.05) is 0 Å². The van der Waals surface area contributed by atoms with E-state index in [0.717, 1.165) is 19.5 Å². The number of nitrogens with one attached hydrogen (secondary N) is 2. The SMILES string of the molecule is COCCOCCNC(=O)CCC1CCCNC1. The Balaban J connectivity index is 1.90. The summed E-state index contributed by atoms with van der Waals surface area (Å²) >= 11 is 0. The van der Waals surface area contributed by atoms with Gasteiger partial charge in [0.05, 0.1) is 19.8 Å². The van der Waals surface area contributed by atoms with Gasteiger partial charge < -0.3 is 20.1 Å². The Morgan fingerprint density at radius 1 is 1.39 bits per heavy atom. The summed E-state index contributed by atoms with van der Waals surface area (Å²) in [5.74, 6) is 0.804. The van der Waals surface area contributed by atoms with Crippen molar-refractivity contribution in [3.05, 3.63) is 0 Å². The summed E-state index contributed by atoms with van der Waals surface area (Å²) in [4.78, 5) is 11.6. The van der Waals surface area contributed by atoms with Gasteiger partial charge in [-0.05, 0) is 38.3 Å². The van der Waals surface area contributed by atoms with Gasteiger partial charge in [-0.3, -0.25) is 4.79 Å². The third kappa shape index (κ3) is 7.63. The Morgan fingerprint density at radius 2 is 2.28 bits per heavy atom. The fourth-order valence-electron chi connectivity index (χ4n) is 2.10. The van der Waals surface area contributed by atoms with Crippen LogP contribution < -0.4 is 10.6 Å². The van der Waals surface area contributed by atoms with Gasteiger partial charge in [-0.25, -0.2) is 0 Å². The van der Waals surface area contributed by atoms with Crippen LogP contribution in [0.3, 0.4) is 0 Å². The minimum absolute atomic E-state index is 0.135. The normalized spacial score (nSPS) is 19.7. The largest absolute Gasteiger partial charge is 0.382 e. The van der Waals surface area contributed by atoms with Gasteiger partial charge in [-0.15, -0.1) is 0 Å². The number of ether oxygens (including phenoxy) is 2. The standard InChI is InChI=1S/C13H26N2O3/c1-17-9-10-18-8-7-15-13(16)5-4-12-3-2-6-14-11-12/h12,14H,2-11H2,1H3,(H,15,16). The molecular weight excluding hydrogens is 232 g/mol. The number of amides is 1. The van der Waals surface area contributed by atoms with Crippen LogP contribution in [0.4, 0.5) is 0 Å². The van der Waals surface area contributed by atoms with Crippen LogP contribution in [0.25, 0.3) is 0 Å². The van der Waals surface area contributed by atoms with Crippen molar-refractivity contribution in [2.75, 3.05) is 46.6 Å². The Morgan fingerprint density at radius 3 is 3.00 bits per heavy atom. The molecule has 5 heteroatoms. The van der Waals surface area contributed by atoms with Crippen LogP contribution in [-0.2, 0) is 14.3 Å². The zero-order valence-corrected chi connectivity index (χ0v) is 11.4. The highest BCUT2D eigenvalue weighted by Gasteiger charge is 2.13. The molecule has 106 valence electrons.